The average Bonchev–Trinajstić information content (AvgIpc) is 2.84. The molecule has 6 heteroatoms. The first-order valence-corrected chi connectivity index (χ1v) is 6.45. The second-order valence-electron chi connectivity index (χ2n) is 4.83. The summed E-state index contributed by atoms with van der Waals surface area (Å²) in [6.45, 7) is 1.66. The first-order chi connectivity index (χ1) is 10.5. The molecule has 0 bridgehead atoms. The van der Waals surface area contributed by atoms with Crippen LogP contribution < -0.4 is 0 Å². The normalized spacial score (nSPS) is 10.8. The number of halogens is 1. The van der Waals surface area contributed by atoms with Gasteiger partial charge < -0.3 is 4.42 Å². The quantitative estimate of drug-likeness (QED) is 0.416. The Morgan fingerprint density at radius 3 is 2.50 bits per heavy atom. The summed E-state index contributed by atoms with van der Waals surface area (Å²) in [7, 11) is 0. The third-order valence-corrected chi connectivity index (χ3v) is 3.44. The second-order valence-corrected chi connectivity index (χ2v) is 4.83. The Morgan fingerprint density at radius 1 is 1.18 bits per heavy atom. The van der Waals surface area contributed by atoms with Crippen LogP contribution in [0.1, 0.15) is 21.7 Å². The van der Waals surface area contributed by atoms with Crippen LogP contribution in [0.4, 0.5) is 10.1 Å². The van der Waals surface area contributed by atoms with E-state index in [4.69, 9.17) is 4.42 Å². The van der Waals surface area contributed by atoms with Gasteiger partial charge in [0.15, 0.2) is 5.76 Å². The molecule has 110 valence electrons. The van der Waals surface area contributed by atoms with Crippen LogP contribution in [0.15, 0.2) is 46.9 Å². The number of non-ortho nitro benzene ring substituents is 1. The highest BCUT2D eigenvalue weighted by Gasteiger charge is 2.20. The molecule has 0 unspecified atom stereocenters. The van der Waals surface area contributed by atoms with Crippen molar-refractivity contribution in [1.29, 1.82) is 0 Å². The van der Waals surface area contributed by atoms with Crippen molar-refractivity contribution in [2.45, 2.75) is 6.92 Å². The number of nitro benzene ring substituents is 1. The number of benzene rings is 2. The zero-order valence-electron chi connectivity index (χ0n) is 11.5. The molecule has 5 nitrogen and oxygen atoms in total. The molecular weight excluding hydrogens is 289 g/mol. The molecule has 0 aliphatic rings. The van der Waals surface area contributed by atoms with E-state index < -0.39 is 16.5 Å². The molecule has 0 aliphatic heterocycles. The molecule has 3 rings (SSSR count). The summed E-state index contributed by atoms with van der Waals surface area (Å²) < 4.78 is 18.4. The van der Waals surface area contributed by atoms with E-state index in [0.29, 0.717) is 16.5 Å². The summed E-state index contributed by atoms with van der Waals surface area (Å²) in [5.41, 5.74) is 1.14. The number of aryl methyl sites for hydroxylation is 1. The maximum atomic E-state index is 12.9. The van der Waals surface area contributed by atoms with E-state index in [1.165, 1.54) is 42.5 Å². The molecule has 0 saturated heterocycles. The molecule has 0 radical (unpaired) electrons. The number of carbonyl (C=O) groups excluding carboxylic acids is 1. The Balaban J connectivity index is 2.11. The van der Waals surface area contributed by atoms with E-state index >= 15 is 0 Å². The molecule has 0 aliphatic carbocycles. The molecule has 1 aromatic heterocycles. The summed E-state index contributed by atoms with van der Waals surface area (Å²) in [5.74, 6) is -0.730. The number of hydrogen-bond acceptors (Lipinski definition) is 4. The first kappa shape index (κ1) is 13.9. The summed E-state index contributed by atoms with van der Waals surface area (Å²) in [6.07, 6.45) is 0. The van der Waals surface area contributed by atoms with Crippen molar-refractivity contribution < 1.29 is 18.5 Å². The molecular formula is C16H10FNO4. The lowest BCUT2D eigenvalue weighted by molar-refractivity contribution is -0.384. The third-order valence-electron chi connectivity index (χ3n) is 3.44. The SMILES string of the molecule is Cc1c(C(=O)c2ccc(F)cc2)oc2ccc([N+](=O)[O-])cc12. The van der Waals surface area contributed by atoms with Gasteiger partial charge in [-0.05, 0) is 37.3 Å². The third kappa shape index (κ3) is 2.24. The van der Waals surface area contributed by atoms with Gasteiger partial charge in [-0.1, -0.05) is 0 Å². The van der Waals surface area contributed by atoms with Crippen LogP contribution in [-0.2, 0) is 0 Å². The molecule has 0 amide bonds. The highest BCUT2D eigenvalue weighted by atomic mass is 19.1. The Bertz CT molecular complexity index is 896. The fourth-order valence-corrected chi connectivity index (χ4v) is 2.27. The van der Waals surface area contributed by atoms with Gasteiger partial charge >= 0.3 is 0 Å². The lowest BCUT2D eigenvalue weighted by atomic mass is 10.0. The molecule has 0 spiro atoms. The Hall–Kier alpha value is -3.02. The molecule has 2 aromatic carbocycles. The molecule has 0 fully saturated rings. The van der Waals surface area contributed by atoms with Crippen molar-refractivity contribution in [1.82, 2.24) is 0 Å². The highest BCUT2D eigenvalue weighted by Crippen LogP contribution is 2.30. The fourth-order valence-electron chi connectivity index (χ4n) is 2.27. The lowest BCUT2D eigenvalue weighted by Crippen LogP contribution is -2.01. The first-order valence-electron chi connectivity index (χ1n) is 6.45. The minimum Gasteiger partial charge on any atom is -0.452 e. The minimum atomic E-state index is -0.507. The number of ketones is 1. The van der Waals surface area contributed by atoms with Gasteiger partial charge in [0, 0.05) is 28.6 Å². The Morgan fingerprint density at radius 2 is 1.86 bits per heavy atom. The monoisotopic (exact) mass is 299 g/mol. The van der Waals surface area contributed by atoms with Gasteiger partial charge in [-0.15, -0.1) is 0 Å². The number of carbonyl (C=O) groups is 1. The average molecular weight is 299 g/mol. The second kappa shape index (κ2) is 5.07. The predicted molar refractivity (Wildman–Crippen MR) is 77.4 cm³/mol. The molecule has 0 saturated carbocycles. The number of rotatable bonds is 3. The van der Waals surface area contributed by atoms with Crippen molar-refractivity contribution >= 4 is 22.4 Å². The summed E-state index contributed by atoms with van der Waals surface area (Å²) in [5, 5.41) is 11.3. The number of furan rings is 1. The van der Waals surface area contributed by atoms with Crippen molar-refractivity contribution in [2.75, 3.05) is 0 Å². The minimum absolute atomic E-state index is 0.0721. The van der Waals surface area contributed by atoms with E-state index in [-0.39, 0.29) is 17.0 Å². The number of nitrogens with zero attached hydrogens (tertiary/aromatic N) is 1. The van der Waals surface area contributed by atoms with Gasteiger partial charge in [-0.2, -0.15) is 0 Å². The van der Waals surface area contributed by atoms with Gasteiger partial charge in [0.25, 0.3) is 5.69 Å². The Kier molecular flexibility index (Phi) is 3.21. The van der Waals surface area contributed by atoms with E-state index in [1.807, 2.05) is 0 Å². The predicted octanol–water partition coefficient (Wildman–Crippen LogP) is 4.02. The molecule has 0 N–H and O–H groups in total. The maximum Gasteiger partial charge on any atom is 0.270 e. The van der Waals surface area contributed by atoms with Gasteiger partial charge in [0.05, 0.1) is 4.92 Å². The van der Waals surface area contributed by atoms with Crippen molar-refractivity contribution in [3.8, 4) is 0 Å². The van der Waals surface area contributed by atoms with Crippen molar-refractivity contribution in [3.05, 3.63) is 75.3 Å². The van der Waals surface area contributed by atoms with Crippen LogP contribution in [0.5, 0.6) is 0 Å². The van der Waals surface area contributed by atoms with E-state index in [1.54, 1.807) is 6.92 Å². The van der Waals surface area contributed by atoms with E-state index in [0.717, 1.165) is 0 Å². The molecule has 0 atom stereocenters. The molecule has 22 heavy (non-hydrogen) atoms. The van der Waals surface area contributed by atoms with Crippen LogP contribution in [-0.4, -0.2) is 10.7 Å². The smallest absolute Gasteiger partial charge is 0.270 e. The number of fused-ring (bicyclic) bond motifs is 1. The van der Waals surface area contributed by atoms with Crippen LogP contribution in [0.2, 0.25) is 0 Å². The van der Waals surface area contributed by atoms with Crippen LogP contribution in [0, 0.1) is 22.9 Å². The van der Waals surface area contributed by atoms with E-state index in [9.17, 15) is 19.3 Å². The van der Waals surface area contributed by atoms with E-state index in [2.05, 4.69) is 0 Å². The van der Waals surface area contributed by atoms with Gasteiger partial charge in [-0.3, -0.25) is 14.9 Å². The van der Waals surface area contributed by atoms with Crippen LogP contribution in [0.3, 0.4) is 0 Å². The number of hydrogen-bond donors (Lipinski definition) is 0. The summed E-state index contributed by atoms with van der Waals surface area (Å²) >= 11 is 0. The highest BCUT2D eigenvalue weighted by molar-refractivity contribution is 6.10. The van der Waals surface area contributed by atoms with Gasteiger partial charge in [0.2, 0.25) is 5.78 Å². The summed E-state index contributed by atoms with van der Waals surface area (Å²) in [6, 6.07) is 9.26. The Labute approximate surface area is 124 Å². The van der Waals surface area contributed by atoms with Crippen molar-refractivity contribution in [3.63, 3.8) is 0 Å². The summed E-state index contributed by atoms with van der Waals surface area (Å²) in [4.78, 5) is 22.7. The fraction of sp³-hybridized carbons (Fsp3) is 0.0625. The van der Waals surface area contributed by atoms with Gasteiger partial charge in [-0.25, -0.2) is 4.39 Å². The van der Waals surface area contributed by atoms with Crippen molar-refractivity contribution in [2.24, 2.45) is 0 Å². The largest absolute Gasteiger partial charge is 0.452 e. The van der Waals surface area contributed by atoms with Crippen LogP contribution in [0.25, 0.3) is 11.0 Å². The standard InChI is InChI=1S/C16H10FNO4/c1-9-13-8-12(18(20)21)6-7-14(13)22-16(9)15(19)10-2-4-11(17)5-3-10/h2-8H,1H3. The molecule has 1 heterocycles. The zero-order valence-corrected chi connectivity index (χ0v) is 11.5. The molecule has 3 aromatic rings. The van der Waals surface area contributed by atoms with Gasteiger partial charge in [0.1, 0.15) is 11.4 Å². The maximum absolute atomic E-state index is 12.9. The van der Waals surface area contributed by atoms with Crippen LogP contribution >= 0.6 is 0 Å². The topological polar surface area (TPSA) is 73.3 Å². The zero-order chi connectivity index (χ0) is 15.9. The number of nitro groups is 1. The lowest BCUT2D eigenvalue weighted by Gasteiger charge is -1.98.